The molecule has 0 aromatic rings. The van der Waals surface area contributed by atoms with Crippen LogP contribution in [0.15, 0.2) is 194 Å². The summed E-state index contributed by atoms with van der Waals surface area (Å²) in [5.41, 5.74) is 0. The van der Waals surface area contributed by atoms with Crippen LogP contribution in [0.4, 0.5) is 0 Å². The number of allylic oxidation sites excluding steroid dienone is 32. The lowest BCUT2D eigenvalue weighted by Gasteiger charge is -2.15. The van der Waals surface area contributed by atoms with Gasteiger partial charge in [-0.1, -0.05) is 221 Å². The van der Waals surface area contributed by atoms with Crippen LogP contribution in [-0.2, 0) is 19.1 Å². The molecule has 1 atom stereocenters. The lowest BCUT2D eigenvalue weighted by atomic mass is 10.1. The molecule has 0 aromatic heterocycles. The van der Waals surface area contributed by atoms with E-state index in [0.29, 0.717) is 12.8 Å². The van der Waals surface area contributed by atoms with Gasteiger partial charge in [0.15, 0.2) is 6.10 Å². The first-order valence-electron chi connectivity index (χ1n) is 27.0. The van der Waals surface area contributed by atoms with Gasteiger partial charge in [-0.05, 0) is 141 Å². The van der Waals surface area contributed by atoms with E-state index in [-0.39, 0.29) is 25.2 Å². The van der Waals surface area contributed by atoms with E-state index in [2.05, 4.69) is 208 Å². The molecule has 5 nitrogen and oxygen atoms in total. The summed E-state index contributed by atoms with van der Waals surface area (Å²) in [7, 11) is 0. The van der Waals surface area contributed by atoms with Crippen molar-refractivity contribution in [2.45, 2.75) is 187 Å². The molecule has 5 heteroatoms. The summed E-state index contributed by atoms with van der Waals surface area (Å²) in [5.74, 6) is -0.688. The van der Waals surface area contributed by atoms with E-state index in [9.17, 15) is 14.7 Å². The number of carbonyl (C=O) groups excluding carboxylic acids is 2. The van der Waals surface area contributed by atoms with E-state index in [1.165, 1.54) is 0 Å². The molecular formula is C65H96O5. The van der Waals surface area contributed by atoms with Crippen LogP contribution in [0.5, 0.6) is 0 Å². The van der Waals surface area contributed by atoms with E-state index >= 15 is 0 Å². The Labute approximate surface area is 428 Å². The minimum atomic E-state index is -0.822. The molecule has 0 aliphatic carbocycles. The van der Waals surface area contributed by atoms with Crippen LogP contribution in [-0.4, -0.2) is 36.4 Å². The van der Waals surface area contributed by atoms with E-state index in [1.807, 2.05) is 0 Å². The Bertz CT molecular complexity index is 1700. The molecule has 1 unspecified atom stereocenters. The van der Waals surface area contributed by atoms with E-state index in [4.69, 9.17) is 9.47 Å². The summed E-state index contributed by atoms with van der Waals surface area (Å²) in [6, 6.07) is 0. The standard InChI is InChI=1S/C65H96O5/c1-3-5-7-9-11-13-15-17-19-21-23-25-27-29-30-31-32-33-34-36-38-40-42-44-46-48-50-52-54-56-58-60-65(68)70-63(61-66)62-69-64(67)59-57-55-53-51-49-47-45-43-41-39-37-35-28-26-24-22-20-18-16-14-12-10-8-6-4-2/h5-8,11-14,17-20,23-26,29-30,32-33,35-38,41-44,47-50,63,66H,3-4,9-10,15-16,21-22,27-28,31,34,39-40,45-46,51-62H2,1-2H3/b7-5-,8-6-,13-11-,14-12-,19-17-,20-18-,25-23-,26-24-,30-29-,33-32-,37-35-,38-36-,43-41-,44-42-,49-47-,50-48-. The predicted molar refractivity (Wildman–Crippen MR) is 306 cm³/mol. The molecule has 0 radical (unpaired) electrons. The van der Waals surface area contributed by atoms with E-state index < -0.39 is 6.10 Å². The normalized spacial score (nSPS) is 13.8. The van der Waals surface area contributed by atoms with Crippen molar-refractivity contribution >= 4 is 11.9 Å². The summed E-state index contributed by atoms with van der Waals surface area (Å²) < 4.78 is 10.6. The summed E-state index contributed by atoms with van der Waals surface area (Å²) in [5, 5.41) is 9.64. The van der Waals surface area contributed by atoms with Crippen molar-refractivity contribution in [3.05, 3.63) is 194 Å². The summed E-state index contributed by atoms with van der Waals surface area (Å²) >= 11 is 0. The third-order valence-electron chi connectivity index (χ3n) is 10.4. The lowest BCUT2D eigenvalue weighted by Crippen LogP contribution is -2.28. The topological polar surface area (TPSA) is 72.8 Å². The second-order valence-electron chi connectivity index (χ2n) is 16.8. The zero-order chi connectivity index (χ0) is 50.6. The van der Waals surface area contributed by atoms with Crippen molar-refractivity contribution < 1.29 is 24.2 Å². The first-order chi connectivity index (χ1) is 34.6. The molecule has 0 rings (SSSR count). The number of unbranched alkanes of at least 4 members (excludes halogenated alkanes) is 6. The SMILES string of the molecule is CC/C=C\C/C=C\C/C=C\C/C=C\C/C=C\C/C=C\C/C=C\C/C=C\C/C=C\CCCCCC(=O)OC(CO)COC(=O)CCCCC/C=C\C/C=C\C/C=C\C/C=C\C/C=C\C/C=C\C/C=C\CC. The number of aliphatic hydroxyl groups excluding tert-OH is 1. The quantitative estimate of drug-likeness (QED) is 0.0374. The molecule has 0 aromatic carbocycles. The van der Waals surface area contributed by atoms with Gasteiger partial charge in [0, 0.05) is 12.8 Å². The molecule has 0 saturated carbocycles. The maximum Gasteiger partial charge on any atom is 0.306 e. The van der Waals surface area contributed by atoms with Gasteiger partial charge in [-0.15, -0.1) is 0 Å². The van der Waals surface area contributed by atoms with E-state index in [1.54, 1.807) is 0 Å². The Morgan fingerprint density at radius 1 is 0.329 bits per heavy atom. The molecule has 1 N–H and O–H groups in total. The summed E-state index contributed by atoms with van der Waals surface area (Å²) in [6.07, 6.45) is 93.8. The highest BCUT2D eigenvalue weighted by molar-refractivity contribution is 5.70. The Hall–Kier alpha value is -5.26. The maximum absolute atomic E-state index is 12.3. The molecule has 0 spiro atoms. The van der Waals surface area contributed by atoms with E-state index in [0.717, 1.165) is 154 Å². The highest BCUT2D eigenvalue weighted by atomic mass is 16.6. The Morgan fingerprint density at radius 2 is 0.571 bits per heavy atom. The van der Waals surface area contributed by atoms with Crippen LogP contribution in [0.25, 0.3) is 0 Å². The molecule has 70 heavy (non-hydrogen) atoms. The summed E-state index contributed by atoms with van der Waals surface area (Å²) in [6.45, 7) is 3.83. The highest BCUT2D eigenvalue weighted by Gasteiger charge is 2.16. The van der Waals surface area contributed by atoms with Crippen molar-refractivity contribution in [1.29, 1.82) is 0 Å². The van der Waals surface area contributed by atoms with Crippen molar-refractivity contribution in [2.24, 2.45) is 0 Å². The third kappa shape index (κ3) is 55.3. The van der Waals surface area contributed by atoms with Crippen LogP contribution >= 0.6 is 0 Å². The van der Waals surface area contributed by atoms with Crippen molar-refractivity contribution in [3.63, 3.8) is 0 Å². The van der Waals surface area contributed by atoms with Gasteiger partial charge in [0.25, 0.3) is 0 Å². The molecule has 0 fully saturated rings. The van der Waals surface area contributed by atoms with Crippen LogP contribution in [0.2, 0.25) is 0 Å². The monoisotopic (exact) mass is 957 g/mol. The van der Waals surface area contributed by atoms with Crippen LogP contribution in [0.1, 0.15) is 181 Å². The Morgan fingerprint density at radius 3 is 0.829 bits per heavy atom. The predicted octanol–water partition coefficient (Wildman–Crippen LogP) is 18.5. The molecular weight excluding hydrogens is 861 g/mol. The molecule has 0 aliphatic rings. The van der Waals surface area contributed by atoms with Crippen LogP contribution < -0.4 is 0 Å². The number of ether oxygens (including phenoxy) is 2. The fourth-order valence-electron chi connectivity index (χ4n) is 6.41. The van der Waals surface area contributed by atoms with Gasteiger partial charge < -0.3 is 14.6 Å². The Balaban J connectivity index is 3.75. The second kappa shape index (κ2) is 58.1. The second-order valence-corrected chi connectivity index (χ2v) is 16.8. The molecule has 0 bridgehead atoms. The number of carbonyl (C=O) groups is 2. The number of rotatable bonds is 46. The van der Waals surface area contributed by atoms with Gasteiger partial charge in [0.05, 0.1) is 6.61 Å². The molecule has 0 saturated heterocycles. The zero-order valence-corrected chi connectivity index (χ0v) is 43.9. The van der Waals surface area contributed by atoms with Crippen LogP contribution in [0.3, 0.4) is 0 Å². The first kappa shape index (κ1) is 64.7. The maximum atomic E-state index is 12.3. The van der Waals surface area contributed by atoms with Gasteiger partial charge >= 0.3 is 11.9 Å². The largest absolute Gasteiger partial charge is 0.462 e. The van der Waals surface area contributed by atoms with Crippen molar-refractivity contribution in [3.8, 4) is 0 Å². The molecule has 0 aliphatic heterocycles. The molecule has 0 heterocycles. The molecule has 386 valence electrons. The Kier molecular flexibility index (Phi) is 53.7. The van der Waals surface area contributed by atoms with Gasteiger partial charge in [0.1, 0.15) is 6.61 Å². The van der Waals surface area contributed by atoms with Crippen LogP contribution in [0, 0.1) is 0 Å². The van der Waals surface area contributed by atoms with Gasteiger partial charge in [0.2, 0.25) is 0 Å². The van der Waals surface area contributed by atoms with Crippen molar-refractivity contribution in [2.75, 3.05) is 13.2 Å². The van der Waals surface area contributed by atoms with Gasteiger partial charge in [-0.3, -0.25) is 9.59 Å². The lowest BCUT2D eigenvalue weighted by molar-refractivity contribution is -0.161. The number of aliphatic hydroxyl groups is 1. The average molecular weight is 957 g/mol. The minimum absolute atomic E-state index is 0.113. The van der Waals surface area contributed by atoms with Crippen molar-refractivity contribution in [1.82, 2.24) is 0 Å². The smallest absolute Gasteiger partial charge is 0.306 e. The third-order valence-corrected chi connectivity index (χ3v) is 10.4. The number of esters is 2. The zero-order valence-electron chi connectivity index (χ0n) is 43.9. The number of hydrogen-bond donors (Lipinski definition) is 1. The minimum Gasteiger partial charge on any atom is -0.462 e. The van der Waals surface area contributed by atoms with Gasteiger partial charge in [-0.2, -0.15) is 0 Å². The number of hydrogen-bond acceptors (Lipinski definition) is 5. The fourth-order valence-corrected chi connectivity index (χ4v) is 6.41. The fraction of sp³-hybridized carbons (Fsp3) is 0.477. The first-order valence-corrected chi connectivity index (χ1v) is 27.0. The highest BCUT2D eigenvalue weighted by Crippen LogP contribution is 2.09. The molecule has 0 amide bonds. The average Bonchev–Trinajstić information content (AvgIpc) is 3.36. The summed E-state index contributed by atoms with van der Waals surface area (Å²) in [4.78, 5) is 24.5. The van der Waals surface area contributed by atoms with Gasteiger partial charge in [-0.25, -0.2) is 0 Å².